The molecule has 0 aliphatic carbocycles. The Kier molecular flexibility index (Phi) is 5.34. The van der Waals surface area contributed by atoms with Gasteiger partial charge in [0.15, 0.2) is 5.82 Å². The Morgan fingerprint density at radius 1 is 1.09 bits per heavy atom. The van der Waals surface area contributed by atoms with E-state index < -0.39 is 0 Å². The molecule has 2 fully saturated rings. The molecule has 32 heavy (non-hydrogen) atoms. The quantitative estimate of drug-likeness (QED) is 0.679. The van der Waals surface area contributed by atoms with Crippen LogP contribution in [0.1, 0.15) is 56.9 Å². The summed E-state index contributed by atoms with van der Waals surface area (Å²) in [4.78, 5) is 46.5. The van der Waals surface area contributed by atoms with Gasteiger partial charge >= 0.3 is 0 Å². The second-order valence-corrected chi connectivity index (χ2v) is 8.34. The number of aromatic amines is 1. The average Bonchev–Trinajstić information content (AvgIpc) is 3.44. The maximum atomic E-state index is 13.3. The van der Waals surface area contributed by atoms with Gasteiger partial charge in [0.05, 0.1) is 41.5 Å². The number of likely N-dealkylation sites (tertiary alicyclic amines) is 1. The predicted molar refractivity (Wildman–Crippen MR) is 117 cm³/mol. The molecule has 3 aromatic rings. The summed E-state index contributed by atoms with van der Waals surface area (Å²) in [5, 5.41) is 0. The Hall–Kier alpha value is -3.33. The van der Waals surface area contributed by atoms with Crippen LogP contribution in [0.25, 0.3) is 11.0 Å². The third kappa shape index (κ3) is 3.73. The number of imidazole rings is 1. The topological polar surface area (TPSA) is 104 Å². The number of aromatic nitrogens is 4. The molecule has 2 amide bonds. The number of fused-ring (bicyclic) bond motifs is 1. The second kappa shape index (κ2) is 8.31. The van der Waals surface area contributed by atoms with Crippen LogP contribution in [0.4, 0.5) is 0 Å². The Labute approximate surface area is 185 Å². The lowest BCUT2D eigenvalue weighted by molar-refractivity contribution is 0.0301. The van der Waals surface area contributed by atoms with Gasteiger partial charge in [0.1, 0.15) is 5.82 Å². The summed E-state index contributed by atoms with van der Waals surface area (Å²) in [6.45, 7) is 6.62. The van der Waals surface area contributed by atoms with Gasteiger partial charge in [0, 0.05) is 31.4 Å². The average molecular weight is 435 g/mol. The monoisotopic (exact) mass is 434 g/mol. The molecule has 1 atom stereocenters. The van der Waals surface area contributed by atoms with Crippen molar-refractivity contribution in [3.8, 4) is 0 Å². The van der Waals surface area contributed by atoms with Gasteiger partial charge in [-0.05, 0) is 44.9 Å². The molecule has 2 aliphatic heterocycles. The van der Waals surface area contributed by atoms with Gasteiger partial charge in [-0.15, -0.1) is 0 Å². The summed E-state index contributed by atoms with van der Waals surface area (Å²) in [6.07, 6.45) is 3.29. The van der Waals surface area contributed by atoms with Crippen molar-refractivity contribution in [3.63, 3.8) is 0 Å². The number of carbonyl (C=O) groups excluding carboxylic acids is 2. The molecule has 166 valence electrons. The number of morpholine rings is 1. The largest absolute Gasteiger partial charge is 0.378 e. The van der Waals surface area contributed by atoms with Crippen molar-refractivity contribution in [2.45, 2.75) is 32.7 Å². The minimum atomic E-state index is -0.201. The van der Waals surface area contributed by atoms with Gasteiger partial charge in [0.25, 0.3) is 11.8 Å². The van der Waals surface area contributed by atoms with Crippen LogP contribution >= 0.6 is 0 Å². The van der Waals surface area contributed by atoms with Gasteiger partial charge in [-0.1, -0.05) is 0 Å². The molecule has 2 aliphatic rings. The Bertz CT molecular complexity index is 1180. The fourth-order valence-corrected chi connectivity index (χ4v) is 4.51. The smallest absolute Gasteiger partial charge is 0.257 e. The molecule has 0 spiro atoms. The molecule has 0 bridgehead atoms. The first-order valence-corrected chi connectivity index (χ1v) is 11.0. The maximum absolute atomic E-state index is 13.3. The summed E-state index contributed by atoms with van der Waals surface area (Å²) >= 11 is 0. The number of amides is 2. The predicted octanol–water partition coefficient (Wildman–Crippen LogP) is 2.42. The van der Waals surface area contributed by atoms with Crippen molar-refractivity contribution in [2.75, 3.05) is 32.8 Å². The zero-order valence-corrected chi connectivity index (χ0v) is 18.3. The zero-order chi connectivity index (χ0) is 22.2. The number of rotatable bonds is 3. The minimum Gasteiger partial charge on any atom is -0.378 e. The maximum Gasteiger partial charge on any atom is 0.257 e. The Morgan fingerprint density at radius 2 is 1.91 bits per heavy atom. The molecule has 2 saturated heterocycles. The fourth-order valence-electron chi connectivity index (χ4n) is 4.51. The summed E-state index contributed by atoms with van der Waals surface area (Å²) in [6, 6.07) is 5.33. The van der Waals surface area contributed by atoms with Crippen molar-refractivity contribution in [2.24, 2.45) is 0 Å². The van der Waals surface area contributed by atoms with E-state index in [1.165, 1.54) is 0 Å². The van der Waals surface area contributed by atoms with Crippen molar-refractivity contribution in [3.05, 3.63) is 52.9 Å². The van der Waals surface area contributed by atoms with E-state index in [-0.39, 0.29) is 17.9 Å². The lowest BCUT2D eigenvalue weighted by Gasteiger charge is -2.27. The summed E-state index contributed by atoms with van der Waals surface area (Å²) in [5.41, 5.74) is 3.45. The molecule has 0 saturated carbocycles. The zero-order valence-electron chi connectivity index (χ0n) is 18.3. The summed E-state index contributed by atoms with van der Waals surface area (Å²) in [7, 11) is 0. The van der Waals surface area contributed by atoms with E-state index in [2.05, 4.69) is 19.9 Å². The van der Waals surface area contributed by atoms with Crippen molar-refractivity contribution in [1.82, 2.24) is 29.7 Å². The van der Waals surface area contributed by atoms with Crippen LogP contribution < -0.4 is 0 Å². The highest BCUT2D eigenvalue weighted by atomic mass is 16.5. The van der Waals surface area contributed by atoms with Crippen LogP contribution in [0.3, 0.4) is 0 Å². The number of H-pyrrole nitrogens is 1. The number of hydrogen-bond acceptors (Lipinski definition) is 6. The Morgan fingerprint density at radius 3 is 2.69 bits per heavy atom. The number of benzene rings is 1. The first-order chi connectivity index (χ1) is 15.5. The van der Waals surface area contributed by atoms with Crippen LogP contribution in [-0.2, 0) is 4.74 Å². The van der Waals surface area contributed by atoms with Gasteiger partial charge in [-0.25, -0.2) is 15.0 Å². The van der Waals surface area contributed by atoms with Crippen LogP contribution in [0, 0.1) is 13.8 Å². The summed E-state index contributed by atoms with van der Waals surface area (Å²) in [5.74, 6) is 1.29. The molecule has 1 unspecified atom stereocenters. The number of carbonyl (C=O) groups is 2. The highest BCUT2D eigenvalue weighted by Crippen LogP contribution is 2.32. The highest BCUT2D eigenvalue weighted by Gasteiger charge is 2.33. The number of nitrogens with one attached hydrogen (secondary N) is 1. The number of aryl methyl sites for hydroxylation is 2. The molecular weight excluding hydrogens is 408 g/mol. The summed E-state index contributed by atoms with van der Waals surface area (Å²) < 4.78 is 5.33. The molecule has 0 radical (unpaired) electrons. The van der Waals surface area contributed by atoms with E-state index in [0.717, 1.165) is 29.7 Å². The van der Waals surface area contributed by atoms with E-state index in [4.69, 9.17) is 4.74 Å². The fraction of sp³-hybridized carbons (Fsp3) is 0.435. The van der Waals surface area contributed by atoms with Gasteiger partial charge in [-0.3, -0.25) is 9.59 Å². The molecular formula is C23H26N6O3. The standard InChI is InChI=1S/C23H26N6O3/c1-14-17(23(31)28-8-10-32-11-9-28)13-24-21(25-14)20-4-3-7-29(20)22(30)16-5-6-18-19(12-16)27-15(2)26-18/h5-6,12-13,20H,3-4,7-11H2,1-2H3,(H,26,27). The van der Waals surface area contributed by atoms with Crippen molar-refractivity contribution < 1.29 is 14.3 Å². The molecule has 1 N–H and O–H groups in total. The number of nitrogens with zero attached hydrogens (tertiary/aromatic N) is 5. The van der Waals surface area contributed by atoms with E-state index in [1.54, 1.807) is 11.1 Å². The minimum absolute atomic E-state index is 0.0450. The third-order valence-corrected chi connectivity index (χ3v) is 6.19. The lowest BCUT2D eigenvalue weighted by Crippen LogP contribution is -2.41. The molecule has 4 heterocycles. The van der Waals surface area contributed by atoms with E-state index in [9.17, 15) is 9.59 Å². The molecule has 5 rings (SSSR count). The van der Waals surface area contributed by atoms with Gasteiger partial charge in [-0.2, -0.15) is 0 Å². The highest BCUT2D eigenvalue weighted by molar-refractivity contribution is 5.98. The first kappa shape index (κ1) is 20.6. The normalized spacial score (nSPS) is 19.0. The molecule has 9 nitrogen and oxygen atoms in total. The first-order valence-electron chi connectivity index (χ1n) is 11.0. The van der Waals surface area contributed by atoms with Crippen LogP contribution in [-0.4, -0.2) is 74.4 Å². The van der Waals surface area contributed by atoms with Crippen LogP contribution in [0.2, 0.25) is 0 Å². The molecule has 1 aromatic carbocycles. The van der Waals surface area contributed by atoms with Gasteiger partial charge < -0.3 is 19.5 Å². The van der Waals surface area contributed by atoms with Crippen molar-refractivity contribution >= 4 is 22.8 Å². The van der Waals surface area contributed by atoms with Gasteiger partial charge in [0.2, 0.25) is 0 Å². The van der Waals surface area contributed by atoms with Crippen molar-refractivity contribution in [1.29, 1.82) is 0 Å². The molecule has 9 heteroatoms. The van der Waals surface area contributed by atoms with Crippen LogP contribution in [0.15, 0.2) is 24.4 Å². The third-order valence-electron chi connectivity index (χ3n) is 6.19. The van der Waals surface area contributed by atoms with Crippen LogP contribution in [0.5, 0.6) is 0 Å². The number of ether oxygens (including phenoxy) is 1. The lowest BCUT2D eigenvalue weighted by atomic mass is 10.1. The second-order valence-electron chi connectivity index (χ2n) is 8.34. The molecule has 2 aromatic heterocycles. The van der Waals surface area contributed by atoms with E-state index in [0.29, 0.717) is 55.5 Å². The number of hydrogen-bond donors (Lipinski definition) is 1. The Balaban J connectivity index is 1.38. The van der Waals surface area contributed by atoms with E-state index >= 15 is 0 Å². The SMILES string of the molecule is Cc1nc2ccc(C(=O)N3CCCC3c3ncc(C(=O)N4CCOCC4)c(C)n3)cc2[nH]1. The van der Waals surface area contributed by atoms with E-state index in [1.807, 2.05) is 36.9 Å².